The molecule has 0 saturated heterocycles. The number of hydrogen-bond acceptors (Lipinski definition) is 5. The number of benzene rings is 1. The van der Waals surface area contributed by atoms with E-state index in [-0.39, 0.29) is 5.91 Å². The number of hydrogen-bond donors (Lipinski definition) is 1. The summed E-state index contributed by atoms with van der Waals surface area (Å²) in [7, 11) is -1.52. The van der Waals surface area contributed by atoms with Gasteiger partial charge in [-0.25, -0.2) is 18.4 Å². The van der Waals surface area contributed by atoms with Gasteiger partial charge in [-0.2, -0.15) is 0 Å². The Morgan fingerprint density at radius 2 is 2.04 bits per heavy atom. The number of amides is 1. The molecule has 0 bridgehead atoms. The molecular formula is C18H19N5O3S. The van der Waals surface area contributed by atoms with Crippen molar-refractivity contribution >= 4 is 32.8 Å². The largest absolute Gasteiger partial charge is 0.334 e. The maximum absolute atomic E-state index is 13.1. The Kier molecular flexibility index (Phi) is 4.11. The summed E-state index contributed by atoms with van der Waals surface area (Å²) < 4.78 is 27.5. The molecule has 8 nitrogen and oxygen atoms in total. The molecule has 0 saturated carbocycles. The van der Waals surface area contributed by atoms with Crippen molar-refractivity contribution in [2.45, 2.75) is 13.0 Å². The fraction of sp³-hybridized carbons (Fsp3) is 0.278. The van der Waals surface area contributed by atoms with E-state index in [0.717, 1.165) is 17.4 Å². The number of carbonyl (C=O) groups excluding carboxylic acids is 1. The predicted octanol–water partition coefficient (Wildman–Crippen LogP) is 1.54. The van der Waals surface area contributed by atoms with Crippen LogP contribution in [-0.2, 0) is 30.0 Å². The first-order valence-electron chi connectivity index (χ1n) is 8.47. The van der Waals surface area contributed by atoms with Crippen LogP contribution in [-0.4, -0.2) is 46.6 Å². The molecule has 0 fully saturated rings. The van der Waals surface area contributed by atoms with Gasteiger partial charge in [-0.15, -0.1) is 0 Å². The monoisotopic (exact) mass is 385 g/mol. The lowest BCUT2D eigenvalue weighted by atomic mass is 9.97. The molecule has 3 aromatic rings. The number of imidazole rings is 1. The molecule has 1 aliphatic rings. The molecule has 27 heavy (non-hydrogen) atoms. The standard InChI is InChI=1S/C18H19N5O3S/c1-22-11-20-16-14(6-8-19-17(16)22)18(24)23-9-7-13-12(10-23)4-3-5-15(13)21-27(2,25)26/h3-6,8,11,21H,7,9-10H2,1-2H3. The van der Waals surface area contributed by atoms with Gasteiger partial charge in [-0.05, 0) is 29.7 Å². The molecule has 9 heteroatoms. The molecule has 1 aliphatic heterocycles. The first-order valence-corrected chi connectivity index (χ1v) is 10.4. The van der Waals surface area contributed by atoms with Gasteiger partial charge in [0.05, 0.1) is 23.8 Å². The molecule has 3 heterocycles. The number of nitrogens with zero attached hydrogens (tertiary/aromatic N) is 4. The zero-order valence-corrected chi connectivity index (χ0v) is 15.8. The lowest BCUT2D eigenvalue weighted by molar-refractivity contribution is 0.0736. The highest BCUT2D eigenvalue weighted by Gasteiger charge is 2.26. The van der Waals surface area contributed by atoms with Gasteiger partial charge in [-0.1, -0.05) is 12.1 Å². The summed E-state index contributed by atoms with van der Waals surface area (Å²) in [6, 6.07) is 7.15. The molecule has 2 aromatic heterocycles. The Labute approximate surface area is 156 Å². The highest BCUT2D eigenvalue weighted by molar-refractivity contribution is 7.92. The Morgan fingerprint density at radius 1 is 1.22 bits per heavy atom. The van der Waals surface area contributed by atoms with E-state index in [4.69, 9.17) is 0 Å². The lowest BCUT2D eigenvalue weighted by Crippen LogP contribution is -2.36. The maximum atomic E-state index is 13.1. The minimum Gasteiger partial charge on any atom is -0.334 e. The van der Waals surface area contributed by atoms with Gasteiger partial charge in [-0.3, -0.25) is 9.52 Å². The molecule has 1 amide bonds. The van der Waals surface area contributed by atoms with Crippen LogP contribution in [0.4, 0.5) is 5.69 Å². The lowest BCUT2D eigenvalue weighted by Gasteiger charge is -2.30. The van der Waals surface area contributed by atoms with Crippen LogP contribution in [0.5, 0.6) is 0 Å². The quantitative estimate of drug-likeness (QED) is 0.738. The van der Waals surface area contributed by atoms with Gasteiger partial charge >= 0.3 is 0 Å². The van der Waals surface area contributed by atoms with Crippen LogP contribution in [0.1, 0.15) is 21.5 Å². The predicted molar refractivity (Wildman–Crippen MR) is 102 cm³/mol. The van der Waals surface area contributed by atoms with Crippen molar-refractivity contribution in [1.82, 2.24) is 19.4 Å². The molecule has 140 valence electrons. The normalized spacial score (nSPS) is 14.2. The van der Waals surface area contributed by atoms with E-state index in [1.165, 1.54) is 0 Å². The summed E-state index contributed by atoms with van der Waals surface area (Å²) in [5.74, 6) is -0.103. The number of nitrogens with one attached hydrogen (secondary N) is 1. The van der Waals surface area contributed by atoms with Crippen LogP contribution in [0.3, 0.4) is 0 Å². The van der Waals surface area contributed by atoms with E-state index in [2.05, 4.69) is 14.7 Å². The third-order valence-electron chi connectivity index (χ3n) is 4.68. The van der Waals surface area contributed by atoms with Crippen molar-refractivity contribution in [2.24, 2.45) is 7.05 Å². The topological polar surface area (TPSA) is 97.2 Å². The van der Waals surface area contributed by atoms with Gasteiger partial charge in [0, 0.05) is 26.3 Å². The average molecular weight is 385 g/mol. The summed E-state index contributed by atoms with van der Waals surface area (Å²) >= 11 is 0. The van der Waals surface area contributed by atoms with Crippen LogP contribution in [0, 0.1) is 0 Å². The number of anilines is 1. The molecule has 0 unspecified atom stereocenters. The average Bonchev–Trinajstić information content (AvgIpc) is 3.01. The summed E-state index contributed by atoms with van der Waals surface area (Å²) in [5.41, 5.74) is 4.23. The Bertz CT molecular complexity index is 1150. The van der Waals surface area contributed by atoms with Crippen LogP contribution in [0.15, 0.2) is 36.8 Å². The third kappa shape index (κ3) is 3.25. The van der Waals surface area contributed by atoms with Gasteiger partial charge < -0.3 is 9.47 Å². The van der Waals surface area contributed by atoms with Crippen LogP contribution >= 0.6 is 0 Å². The number of aromatic nitrogens is 3. The van der Waals surface area contributed by atoms with Gasteiger partial charge in [0.25, 0.3) is 5.91 Å². The fourth-order valence-electron chi connectivity index (χ4n) is 3.45. The second-order valence-corrected chi connectivity index (χ2v) is 8.43. The zero-order chi connectivity index (χ0) is 19.2. The Morgan fingerprint density at radius 3 is 2.81 bits per heavy atom. The number of sulfonamides is 1. The highest BCUT2D eigenvalue weighted by Crippen LogP contribution is 2.28. The van der Waals surface area contributed by atoms with Crippen molar-refractivity contribution in [3.8, 4) is 0 Å². The second kappa shape index (κ2) is 6.34. The van der Waals surface area contributed by atoms with E-state index in [0.29, 0.717) is 41.9 Å². The van der Waals surface area contributed by atoms with Gasteiger partial charge in [0.2, 0.25) is 10.0 Å². The molecular weight excluding hydrogens is 366 g/mol. The fourth-order valence-corrected chi connectivity index (χ4v) is 4.04. The smallest absolute Gasteiger partial charge is 0.256 e. The van der Waals surface area contributed by atoms with Crippen LogP contribution in [0.25, 0.3) is 11.2 Å². The zero-order valence-electron chi connectivity index (χ0n) is 15.0. The summed E-state index contributed by atoms with van der Waals surface area (Å²) in [6.07, 6.45) is 4.97. The summed E-state index contributed by atoms with van der Waals surface area (Å²) in [4.78, 5) is 23.4. The SMILES string of the molecule is Cn1cnc2c(C(=O)N3CCc4c(cccc4NS(C)(=O)=O)C3)ccnc21. The van der Waals surface area contributed by atoms with E-state index in [1.807, 2.05) is 13.1 Å². The van der Waals surface area contributed by atoms with E-state index in [9.17, 15) is 13.2 Å². The van der Waals surface area contributed by atoms with Crippen LogP contribution < -0.4 is 4.72 Å². The minimum atomic E-state index is -3.35. The number of aryl methyl sites for hydroxylation is 1. The first kappa shape index (κ1) is 17.5. The number of pyridine rings is 1. The van der Waals surface area contributed by atoms with Crippen molar-refractivity contribution in [2.75, 3.05) is 17.5 Å². The number of fused-ring (bicyclic) bond motifs is 2. The second-order valence-electron chi connectivity index (χ2n) is 6.68. The number of rotatable bonds is 3. The summed E-state index contributed by atoms with van der Waals surface area (Å²) in [5, 5.41) is 0. The molecule has 0 spiro atoms. The molecule has 0 radical (unpaired) electrons. The van der Waals surface area contributed by atoms with Crippen molar-refractivity contribution in [3.05, 3.63) is 53.5 Å². The Balaban J connectivity index is 1.65. The van der Waals surface area contributed by atoms with Crippen LogP contribution in [0.2, 0.25) is 0 Å². The van der Waals surface area contributed by atoms with Gasteiger partial charge in [0.15, 0.2) is 5.65 Å². The Hall–Kier alpha value is -2.94. The van der Waals surface area contributed by atoms with E-state index in [1.54, 1.807) is 40.2 Å². The van der Waals surface area contributed by atoms with Crippen molar-refractivity contribution in [1.29, 1.82) is 0 Å². The third-order valence-corrected chi connectivity index (χ3v) is 5.27. The van der Waals surface area contributed by atoms with Crippen molar-refractivity contribution < 1.29 is 13.2 Å². The number of carbonyl (C=O) groups is 1. The molecule has 4 rings (SSSR count). The molecule has 0 atom stereocenters. The van der Waals surface area contributed by atoms with Crippen molar-refractivity contribution in [3.63, 3.8) is 0 Å². The highest BCUT2D eigenvalue weighted by atomic mass is 32.2. The first-order chi connectivity index (χ1) is 12.8. The molecule has 1 aromatic carbocycles. The van der Waals surface area contributed by atoms with Gasteiger partial charge in [0.1, 0.15) is 5.52 Å². The minimum absolute atomic E-state index is 0.103. The molecule has 0 aliphatic carbocycles. The summed E-state index contributed by atoms with van der Waals surface area (Å²) in [6.45, 7) is 0.926. The van der Waals surface area contributed by atoms with E-state index >= 15 is 0 Å². The maximum Gasteiger partial charge on any atom is 0.256 e. The molecule has 1 N–H and O–H groups in total. The van der Waals surface area contributed by atoms with E-state index < -0.39 is 10.0 Å².